The van der Waals surface area contributed by atoms with Gasteiger partial charge in [0.2, 0.25) is 5.60 Å². The van der Waals surface area contributed by atoms with Crippen molar-refractivity contribution in [3.63, 3.8) is 0 Å². The number of aliphatic hydroxyl groups is 4. The van der Waals surface area contributed by atoms with Crippen LogP contribution in [0.3, 0.4) is 0 Å². The lowest BCUT2D eigenvalue weighted by Crippen LogP contribution is -2.84. The summed E-state index contributed by atoms with van der Waals surface area (Å²) in [5.74, 6) is -10.6. The Morgan fingerprint density at radius 2 is 1.00 bits per heavy atom. The fourth-order valence-electron chi connectivity index (χ4n) is 6.88. The number of carbonyl (C=O) groups is 6. The van der Waals surface area contributed by atoms with E-state index in [9.17, 15) is 49.2 Å². The van der Waals surface area contributed by atoms with Crippen LogP contribution in [0, 0.1) is 23.7 Å². The van der Waals surface area contributed by atoms with Gasteiger partial charge in [0.05, 0.1) is 11.8 Å². The van der Waals surface area contributed by atoms with Crippen molar-refractivity contribution < 1.29 is 72.9 Å². The summed E-state index contributed by atoms with van der Waals surface area (Å²) in [4.78, 5) is 85.5. The Bertz CT molecular complexity index is 1760. The van der Waals surface area contributed by atoms with Crippen LogP contribution in [0.1, 0.15) is 66.5 Å². The Balaban J connectivity index is 1.98. The summed E-state index contributed by atoms with van der Waals surface area (Å²) in [6.45, 7) is 11.2. The molecule has 15 heteroatoms. The SMILES string of the molecule is CC(C)C(=O)O[C@]1(C(=O)C(C)C)[C@@H](C(=O)Cc2ccccc2)O[C@H](O[C@H]2O[C@H](C(=O)Cc3ccccc3)[C@@H](O)[C@H](O)[C@H]2O)[C@H](O)[C@]1(OC(=O)C(C)C)C(=O)C(C)C. The number of hydrogen-bond donors (Lipinski definition) is 4. The molecule has 2 fully saturated rings. The fraction of sp³-hybridized carbons (Fsp3) is 0.571. The van der Waals surface area contributed by atoms with Crippen LogP contribution in [-0.4, -0.2) is 116 Å². The minimum Gasteiger partial charge on any atom is -0.443 e. The molecule has 2 aromatic rings. The Hall–Kier alpha value is -4.22. The van der Waals surface area contributed by atoms with E-state index in [1.807, 2.05) is 0 Å². The lowest BCUT2D eigenvalue weighted by atomic mass is 9.62. The number of carbonyl (C=O) groups excluding carboxylic acids is 6. The van der Waals surface area contributed by atoms with Crippen molar-refractivity contribution in [2.45, 2.75) is 129 Å². The third-order valence-electron chi connectivity index (χ3n) is 10.0. The van der Waals surface area contributed by atoms with Gasteiger partial charge in [-0.1, -0.05) is 116 Å². The van der Waals surface area contributed by atoms with Crippen molar-refractivity contribution >= 4 is 35.1 Å². The topological polar surface area (TPSA) is 229 Å². The van der Waals surface area contributed by atoms with Gasteiger partial charge in [0.15, 0.2) is 47.9 Å². The molecule has 0 aliphatic carbocycles. The molecular formula is C42H54O15. The highest BCUT2D eigenvalue weighted by Gasteiger charge is 2.79. The molecule has 4 rings (SSSR count). The molecule has 0 radical (unpaired) electrons. The van der Waals surface area contributed by atoms with Gasteiger partial charge >= 0.3 is 11.9 Å². The van der Waals surface area contributed by atoms with Crippen molar-refractivity contribution in [3.05, 3.63) is 71.8 Å². The smallest absolute Gasteiger partial charge is 0.309 e. The second-order valence-electron chi connectivity index (χ2n) is 15.8. The first-order valence-corrected chi connectivity index (χ1v) is 19.1. The first-order chi connectivity index (χ1) is 26.7. The fourth-order valence-corrected chi connectivity index (χ4v) is 6.88. The van der Waals surface area contributed by atoms with Crippen LogP contribution in [0.25, 0.3) is 0 Å². The van der Waals surface area contributed by atoms with Crippen LogP contribution in [-0.2, 0) is 65.3 Å². The maximum Gasteiger partial charge on any atom is 0.309 e. The highest BCUT2D eigenvalue weighted by molar-refractivity contribution is 6.08. The molecule has 4 N–H and O–H groups in total. The lowest BCUT2D eigenvalue weighted by molar-refractivity contribution is -0.385. The normalized spacial score (nSPS) is 30.3. The molecule has 2 aliphatic heterocycles. The monoisotopic (exact) mass is 798 g/mol. The van der Waals surface area contributed by atoms with Gasteiger partial charge in [-0.25, -0.2) is 0 Å². The third kappa shape index (κ3) is 9.09. The molecule has 0 saturated carbocycles. The van der Waals surface area contributed by atoms with E-state index in [0.717, 1.165) is 0 Å². The molecule has 0 amide bonds. The van der Waals surface area contributed by atoms with Gasteiger partial charge in [0.1, 0.15) is 24.4 Å². The first kappa shape index (κ1) is 45.5. The minimum absolute atomic E-state index is 0.269. The third-order valence-corrected chi connectivity index (χ3v) is 10.0. The zero-order chi connectivity index (χ0) is 42.6. The average Bonchev–Trinajstić information content (AvgIpc) is 3.16. The van der Waals surface area contributed by atoms with Crippen LogP contribution in [0.5, 0.6) is 0 Å². The number of Topliss-reactive ketones (excluding diaryl/α,β-unsaturated/α-hetero) is 4. The first-order valence-electron chi connectivity index (χ1n) is 19.1. The highest BCUT2D eigenvalue weighted by Crippen LogP contribution is 2.49. The molecule has 2 saturated heterocycles. The molecule has 2 aliphatic rings. The Kier molecular flexibility index (Phi) is 14.8. The van der Waals surface area contributed by atoms with Crippen molar-refractivity contribution in [2.75, 3.05) is 0 Å². The lowest BCUT2D eigenvalue weighted by Gasteiger charge is -2.57. The van der Waals surface area contributed by atoms with Crippen LogP contribution >= 0.6 is 0 Å². The van der Waals surface area contributed by atoms with Gasteiger partial charge in [-0.05, 0) is 11.1 Å². The Morgan fingerprint density at radius 3 is 1.46 bits per heavy atom. The average molecular weight is 799 g/mol. The van der Waals surface area contributed by atoms with Gasteiger partial charge in [-0.3, -0.25) is 28.8 Å². The molecule has 2 aromatic carbocycles. The number of ketones is 4. The molecule has 2 heterocycles. The number of aliphatic hydroxyl groups excluding tert-OH is 4. The zero-order valence-corrected chi connectivity index (χ0v) is 33.4. The highest BCUT2D eigenvalue weighted by atomic mass is 16.8. The number of esters is 2. The maximum absolute atomic E-state index is 14.9. The Labute approximate surface area is 331 Å². The van der Waals surface area contributed by atoms with Crippen molar-refractivity contribution in [3.8, 4) is 0 Å². The van der Waals surface area contributed by atoms with Crippen molar-refractivity contribution in [1.29, 1.82) is 0 Å². The van der Waals surface area contributed by atoms with E-state index in [0.29, 0.717) is 11.1 Å². The largest absolute Gasteiger partial charge is 0.443 e. The molecule has 0 bridgehead atoms. The summed E-state index contributed by atoms with van der Waals surface area (Å²) in [6.07, 6.45) is -18.1. The van der Waals surface area contributed by atoms with E-state index in [4.69, 9.17) is 23.7 Å². The van der Waals surface area contributed by atoms with E-state index < -0.39 is 126 Å². The summed E-state index contributed by atoms with van der Waals surface area (Å²) in [6, 6.07) is 16.5. The molecular weight excluding hydrogens is 744 g/mol. The van der Waals surface area contributed by atoms with Crippen molar-refractivity contribution in [1.82, 2.24) is 0 Å². The van der Waals surface area contributed by atoms with Gasteiger partial charge in [-0.15, -0.1) is 0 Å². The quantitative estimate of drug-likeness (QED) is 0.178. The van der Waals surface area contributed by atoms with E-state index in [1.165, 1.54) is 55.4 Å². The molecule has 0 spiro atoms. The summed E-state index contributed by atoms with van der Waals surface area (Å²) in [5.41, 5.74) is -5.49. The summed E-state index contributed by atoms with van der Waals surface area (Å²) in [7, 11) is 0. The predicted molar refractivity (Wildman–Crippen MR) is 200 cm³/mol. The molecule has 312 valence electrons. The van der Waals surface area contributed by atoms with Gasteiger partial charge < -0.3 is 44.1 Å². The van der Waals surface area contributed by atoms with Crippen molar-refractivity contribution in [2.24, 2.45) is 23.7 Å². The number of hydrogen-bond acceptors (Lipinski definition) is 15. The van der Waals surface area contributed by atoms with Crippen LogP contribution < -0.4 is 0 Å². The predicted octanol–water partition coefficient (Wildman–Crippen LogP) is 1.85. The molecule has 57 heavy (non-hydrogen) atoms. The summed E-state index contributed by atoms with van der Waals surface area (Å²) >= 11 is 0. The summed E-state index contributed by atoms with van der Waals surface area (Å²) < 4.78 is 29.8. The summed E-state index contributed by atoms with van der Waals surface area (Å²) in [5, 5.41) is 45.4. The van der Waals surface area contributed by atoms with E-state index in [-0.39, 0.29) is 6.42 Å². The van der Waals surface area contributed by atoms with Crippen LogP contribution in [0.4, 0.5) is 0 Å². The van der Waals surface area contributed by atoms with Gasteiger partial charge in [-0.2, -0.15) is 0 Å². The number of benzene rings is 2. The number of ether oxygens (including phenoxy) is 5. The van der Waals surface area contributed by atoms with Gasteiger partial charge in [0.25, 0.3) is 5.60 Å². The minimum atomic E-state index is -3.26. The molecule has 0 unspecified atom stereocenters. The Morgan fingerprint density at radius 1 is 0.561 bits per heavy atom. The van der Waals surface area contributed by atoms with Gasteiger partial charge in [0, 0.05) is 24.7 Å². The van der Waals surface area contributed by atoms with E-state index >= 15 is 0 Å². The molecule has 10 atom stereocenters. The number of rotatable bonds is 16. The molecule has 0 aromatic heterocycles. The zero-order valence-electron chi connectivity index (χ0n) is 33.4. The maximum atomic E-state index is 14.9. The van der Waals surface area contributed by atoms with Crippen LogP contribution in [0.15, 0.2) is 60.7 Å². The second kappa shape index (κ2) is 18.6. The van der Waals surface area contributed by atoms with Crippen LogP contribution in [0.2, 0.25) is 0 Å². The second-order valence-corrected chi connectivity index (χ2v) is 15.8. The van der Waals surface area contributed by atoms with E-state index in [1.54, 1.807) is 60.7 Å². The van der Waals surface area contributed by atoms with E-state index in [2.05, 4.69) is 0 Å². The molecule has 15 nitrogen and oxygen atoms in total. The standard InChI is InChI=1S/C42H54O15/c1-21(2)33(48)41(56-37(51)23(5)6)35(50)40(55-39-31(47)29(45)30(46)32(53-39)27(43)19-25-15-11-9-12-16-25)54-36(28(44)20-26-17-13-10-14-18-26)42(41,34(49)22(3)4)57-38(52)24(7)8/h9-18,21-24,29-32,35-36,39-40,45-47,50H,19-20H2,1-8H3/t29-,30-,31+,32+,35-,36+,39+,40+,41+,42+/m0/s1.